The zero-order chi connectivity index (χ0) is 21.1. The molecule has 3 aromatic rings. The number of rotatable bonds is 4. The van der Waals surface area contributed by atoms with Crippen molar-refractivity contribution < 1.29 is 9.90 Å². The number of aromatic nitrogens is 1. The molecule has 152 valence electrons. The van der Waals surface area contributed by atoms with E-state index in [-0.39, 0.29) is 12.0 Å². The van der Waals surface area contributed by atoms with Crippen LogP contribution in [0.15, 0.2) is 47.8 Å². The summed E-state index contributed by atoms with van der Waals surface area (Å²) in [5, 5.41) is 24.9. The highest BCUT2D eigenvalue weighted by atomic mass is 35.5. The molecule has 0 unspecified atom stereocenters. The third-order valence-electron chi connectivity index (χ3n) is 5.02. The molecule has 2 aromatic carbocycles. The predicted octanol–water partition coefficient (Wildman–Crippen LogP) is 4.55. The van der Waals surface area contributed by atoms with E-state index in [4.69, 9.17) is 11.6 Å². The maximum absolute atomic E-state index is 12.6. The SMILES string of the molecule is N#Cc1cc(NC(=O)c2nc(-c3ccc(Cl)cc3)cs2)ccc1N1CCC(O)CC1. The molecule has 1 saturated heterocycles. The van der Waals surface area contributed by atoms with Gasteiger partial charge < -0.3 is 15.3 Å². The Morgan fingerprint density at radius 1 is 1.23 bits per heavy atom. The van der Waals surface area contributed by atoms with Gasteiger partial charge in [0.25, 0.3) is 5.91 Å². The van der Waals surface area contributed by atoms with Crippen molar-refractivity contribution in [2.75, 3.05) is 23.3 Å². The van der Waals surface area contributed by atoms with Crippen LogP contribution >= 0.6 is 22.9 Å². The van der Waals surface area contributed by atoms with E-state index in [1.807, 2.05) is 23.6 Å². The van der Waals surface area contributed by atoms with Gasteiger partial charge in [-0.05, 0) is 43.2 Å². The van der Waals surface area contributed by atoms with Crippen LogP contribution in [0.1, 0.15) is 28.2 Å². The second-order valence-corrected chi connectivity index (χ2v) is 8.36. The van der Waals surface area contributed by atoms with E-state index in [2.05, 4.69) is 21.3 Å². The summed E-state index contributed by atoms with van der Waals surface area (Å²) >= 11 is 7.18. The normalized spacial score (nSPS) is 14.4. The molecular formula is C22H19ClN4O2S. The molecule has 1 aliphatic rings. The molecule has 1 amide bonds. The fourth-order valence-corrected chi connectivity index (χ4v) is 4.25. The maximum Gasteiger partial charge on any atom is 0.284 e. The van der Waals surface area contributed by atoms with E-state index >= 15 is 0 Å². The summed E-state index contributed by atoms with van der Waals surface area (Å²) < 4.78 is 0. The van der Waals surface area contributed by atoms with Gasteiger partial charge in [-0.1, -0.05) is 23.7 Å². The van der Waals surface area contributed by atoms with Gasteiger partial charge in [0.15, 0.2) is 5.01 Å². The van der Waals surface area contributed by atoms with Crippen molar-refractivity contribution in [1.82, 2.24) is 4.98 Å². The van der Waals surface area contributed by atoms with Crippen LogP contribution in [-0.4, -0.2) is 35.2 Å². The summed E-state index contributed by atoms with van der Waals surface area (Å²) in [6.07, 6.45) is 1.09. The molecule has 30 heavy (non-hydrogen) atoms. The fraction of sp³-hybridized carbons (Fsp3) is 0.227. The Hall–Kier alpha value is -2.92. The van der Waals surface area contributed by atoms with Gasteiger partial charge in [-0.3, -0.25) is 4.79 Å². The van der Waals surface area contributed by atoms with Crippen molar-refractivity contribution in [3.8, 4) is 17.3 Å². The van der Waals surface area contributed by atoms with Crippen molar-refractivity contribution in [3.05, 3.63) is 63.4 Å². The lowest BCUT2D eigenvalue weighted by Crippen LogP contribution is -2.36. The van der Waals surface area contributed by atoms with E-state index in [1.165, 1.54) is 11.3 Å². The summed E-state index contributed by atoms with van der Waals surface area (Å²) in [6.45, 7) is 1.41. The molecule has 0 spiro atoms. The number of benzene rings is 2. The molecule has 1 fully saturated rings. The van der Waals surface area contributed by atoms with Crippen LogP contribution < -0.4 is 10.2 Å². The molecule has 0 radical (unpaired) electrons. The second-order valence-electron chi connectivity index (χ2n) is 7.06. The minimum atomic E-state index is -0.321. The number of halogens is 1. The van der Waals surface area contributed by atoms with Gasteiger partial charge in [0, 0.05) is 34.7 Å². The number of nitrogens with zero attached hydrogens (tertiary/aromatic N) is 3. The average Bonchev–Trinajstić information content (AvgIpc) is 3.25. The van der Waals surface area contributed by atoms with Crippen molar-refractivity contribution >= 4 is 40.2 Å². The van der Waals surface area contributed by atoms with Crippen molar-refractivity contribution in [1.29, 1.82) is 5.26 Å². The molecule has 0 bridgehead atoms. The monoisotopic (exact) mass is 438 g/mol. The number of amides is 1. The number of thiazole rings is 1. The lowest BCUT2D eigenvalue weighted by Gasteiger charge is -2.32. The van der Waals surface area contributed by atoms with Gasteiger partial charge in [0.1, 0.15) is 6.07 Å². The van der Waals surface area contributed by atoms with Crippen LogP contribution in [0.2, 0.25) is 5.02 Å². The summed E-state index contributed by atoms with van der Waals surface area (Å²) in [6, 6.07) is 14.8. The minimum absolute atomic E-state index is 0.276. The molecule has 0 saturated carbocycles. The van der Waals surface area contributed by atoms with Crippen molar-refractivity contribution in [2.45, 2.75) is 18.9 Å². The van der Waals surface area contributed by atoms with Crippen LogP contribution in [0.25, 0.3) is 11.3 Å². The minimum Gasteiger partial charge on any atom is -0.393 e. The third kappa shape index (κ3) is 4.46. The van der Waals surface area contributed by atoms with Crippen LogP contribution in [-0.2, 0) is 0 Å². The number of hydrogen-bond acceptors (Lipinski definition) is 6. The highest BCUT2D eigenvalue weighted by Crippen LogP contribution is 2.28. The first kappa shape index (κ1) is 20.4. The molecule has 1 aromatic heterocycles. The van der Waals surface area contributed by atoms with Crippen LogP contribution in [0.4, 0.5) is 11.4 Å². The number of nitriles is 1. The Balaban J connectivity index is 1.48. The molecule has 0 atom stereocenters. The molecule has 2 heterocycles. The standard InChI is InChI=1S/C22H19ClN4O2S/c23-16-3-1-14(2-4-16)19-13-30-22(26-19)21(29)25-17-5-6-20(15(11-17)12-24)27-9-7-18(28)8-10-27/h1-6,11,13,18,28H,7-10H2,(H,25,29). The predicted molar refractivity (Wildman–Crippen MR) is 119 cm³/mol. The van der Waals surface area contributed by atoms with Gasteiger partial charge in [0.2, 0.25) is 0 Å². The van der Waals surface area contributed by atoms with Gasteiger partial charge in [-0.15, -0.1) is 11.3 Å². The zero-order valence-electron chi connectivity index (χ0n) is 16.0. The number of hydrogen-bond donors (Lipinski definition) is 2. The first-order valence-corrected chi connectivity index (χ1v) is 10.8. The quantitative estimate of drug-likeness (QED) is 0.623. The van der Waals surface area contributed by atoms with Crippen LogP contribution in [0, 0.1) is 11.3 Å². The second kappa shape index (κ2) is 8.84. The Morgan fingerprint density at radius 3 is 2.67 bits per heavy atom. The zero-order valence-corrected chi connectivity index (χ0v) is 17.6. The van der Waals surface area contributed by atoms with Crippen molar-refractivity contribution in [3.63, 3.8) is 0 Å². The summed E-state index contributed by atoms with van der Waals surface area (Å²) in [4.78, 5) is 19.1. The lowest BCUT2D eigenvalue weighted by atomic mass is 10.0. The number of aliphatic hydroxyl groups excluding tert-OH is 1. The molecule has 6 nitrogen and oxygen atoms in total. The maximum atomic E-state index is 12.6. The molecule has 4 rings (SSSR count). The molecular weight excluding hydrogens is 420 g/mol. The first-order chi connectivity index (χ1) is 14.5. The van der Waals surface area contributed by atoms with Crippen LogP contribution in [0.3, 0.4) is 0 Å². The number of carbonyl (C=O) groups excluding carboxylic acids is 1. The van der Waals surface area contributed by atoms with E-state index in [9.17, 15) is 15.2 Å². The highest BCUT2D eigenvalue weighted by Gasteiger charge is 2.20. The van der Waals surface area contributed by atoms with E-state index < -0.39 is 0 Å². The van der Waals surface area contributed by atoms with Gasteiger partial charge >= 0.3 is 0 Å². The van der Waals surface area contributed by atoms with E-state index in [0.29, 0.717) is 52.9 Å². The molecule has 1 aliphatic heterocycles. The summed E-state index contributed by atoms with van der Waals surface area (Å²) in [5.41, 5.74) is 3.45. The number of carbonyl (C=O) groups is 1. The van der Waals surface area contributed by atoms with Crippen LogP contribution in [0.5, 0.6) is 0 Å². The molecule has 2 N–H and O–H groups in total. The summed E-state index contributed by atoms with van der Waals surface area (Å²) in [7, 11) is 0. The molecule has 8 heteroatoms. The number of aliphatic hydroxyl groups is 1. The number of piperidine rings is 1. The Kier molecular flexibility index (Phi) is 6.00. The van der Waals surface area contributed by atoms with Gasteiger partial charge in [-0.2, -0.15) is 5.26 Å². The first-order valence-electron chi connectivity index (χ1n) is 9.53. The topological polar surface area (TPSA) is 89.2 Å². The van der Waals surface area contributed by atoms with E-state index in [1.54, 1.807) is 24.3 Å². The lowest BCUT2D eigenvalue weighted by molar-refractivity contribution is 0.102. The van der Waals surface area contributed by atoms with Gasteiger partial charge in [-0.25, -0.2) is 4.98 Å². The number of anilines is 2. The van der Waals surface area contributed by atoms with E-state index in [0.717, 1.165) is 11.3 Å². The largest absolute Gasteiger partial charge is 0.393 e. The third-order valence-corrected chi connectivity index (χ3v) is 6.11. The van der Waals surface area contributed by atoms with Crippen molar-refractivity contribution in [2.24, 2.45) is 0 Å². The smallest absolute Gasteiger partial charge is 0.284 e. The summed E-state index contributed by atoms with van der Waals surface area (Å²) in [5.74, 6) is -0.321. The highest BCUT2D eigenvalue weighted by molar-refractivity contribution is 7.12. The average molecular weight is 439 g/mol. The Labute approximate surface area is 183 Å². The fourth-order valence-electron chi connectivity index (χ4n) is 3.40. The van der Waals surface area contributed by atoms with Gasteiger partial charge in [0.05, 0.1) is 23.0 Å². The number of nitrogens with one attached hydrogen (secondary N) is 1. The Bertz CT molecular complexity index is 1100. The Morgan fingerprint density at radius 2 is 1.97 bits per heavy atom. The molecule has 0 aliphatic carbocycles.